The third kappa shape index (κ3) is 2.58. The molecule has 5 heteroatoms. The van der Waals surface area contributed by atoms with Crippen molar-refractivity contribution in [2.75, 3.05) is 0 Å². The molecule has 2 aromatic heterocycles. The predicted molar refractivity (Wildman–Crippen MR) is 83.5 cm³/mol. The zero-order valence-electron chi connectivity index (χ0n) is 11.5. The fourth-order valence-corrected chi connectivity index (χ4v) is 3.10. The Bertz CT molecular complexity index is 885. The van der Waals surface area contributed by atoms with Crippen LogP contribution in [0.25, 0.3) is 10.2 Å². The zero-order valence-corrected chi connectivity index (χ0v) is 12.4. The Morgan fingerprint density at radius 1 is 1.33 bits per heavy atom. The van der Waals surface area contributed by atoms with E-state index in [2.05, 4.69) is 18.0 Å². The van der Waals surface area contributed by atoms with Gasteiger partial charge in [-0.15, -0.1) is 11.3 Å². The van der Waals surface area contributed by atoms with Crippen LogP contribution >= 0.6 is 11.3 Å². The van der Waals surface area contributed by atoms with Crippen LogP contribution in [0.2, 0.25) is 0 Å². The van der Waals surface area contributed by atoms with E-state index >= 15 is 0 Å². The van der Waals surface area contributed by atoms with Crippen molar-refractivity contribution >= 4 is 21.6 Å². The van der Waals surface area contributed by atoms with Gasteiger partial charge in [0.2, 0.25) is 0 Å². The molecule has 0 saturated heterocycles. The Hall–Kier alpha value is -2.45. The van der Waals surface area contributed by atoms with Crippen molar-refractivity contribution in [3.8, 4) is 6.07 Å². The molecule has 0 amide bonds. The Morgan fingerprint density at radius 3 is 2.76 bits per heavy atom. The van der Waals surface area contributed by atoms with Crippen molar-refractivity contribution in [3.63, 3.8) is 0 Å². The summed E-state index contributed by atoms with van der Waals surface area (Å²) >= 11 is 1.57. The van der Waals surface area contributed by atoms with Crippen LogP contribution < -0.4 is 5.56 Å². The Kier molecular flexibility index (Phi) is 3.55. The van der Waals surface area contributed by atoms with Crippen molar-refractivity contribution in [1.82, 2.24) is 9.55 Å². The first kappa shape index (κ1) is 13.5. The van der Waals surface area contributed by atoms with Gasteiger partial charge in [0.25, 0.3) is 5.56 Å². The number of rotatable bonds is 3. The van der Waals surface area contributed by atoms with Gasteiger partial charge < -0.3 is 0 Å². The quantitative estimate of drug-likeness (QED) is 0.746. The molecule has 3 rings (SSSR count). The highest BCUT2D eigenvalue weighted by Gasteiger charge is 2.08. The number of benzene rings is 1. The smallest absolute Gasteiger partial charge is 0.262 e. The number of nitriles is 1. The molecule has 2 heterocycles. The van der Waals surface area contributed by atoms with Crippen LogP contribution in [0.3, 0.4) is 0 Å². The number of nitrogens with zero attached hydrogens (tertiary/aromatic N) is 3. The maximum Gasteiger partial charge on any atom is 0.262 e. The Balaban J connectivity index is 1.98. The minimum Gasteiger partial charge on any atom is -0.294 e. The number of fused-ring (bicyclic) bond motifs is 1. The summed E-state index contributed by atoms with van der Waals surface area (Å²) in [6.45, 7) is 2.53. The van der Waals surface area contributed by atoms with Gasteiger partial charge in [-0.3, -0.25) is 9.36 Å². The number of thiophene rings is 1. The summed E-state index contributed by atoms with van der Waals surface area (Å²) in [7, 11) is 0. The summed E-state index contributed by atoms with van der Waals surface area (Å²) in [5, 5.41) is 9.48. The van der Waals surface area contributed by atoms with Crippen molar-refractivity contribution in [2.45, 2.75) is 19.9 Å². The van der Waals surface area contributed by atoms with Crippen molar-refractivity contribution in [2.24, 2.45) is 0 Å². The third-order valence-electron chi connectivity index (χ3n) is 3.35. The monoisotopic (exact) mass is 295 g/mol. The molecule has 0 atom stereocenters. The summed E-state index contributed by atoms with van der Waals surface area (Å²) in [6.07, 6.45) is 2.51. The van der Waals surface area contributed by atoms with Gasteiger partial charge >= 0.3 is 0 Å². The molecule has 0 saturated carbocycles. The standard InChI is InChI=1S/C16H13N3OS/c1-2-13-7-14-15(21-13)18-10-19(16(14)20)9-12-5-3-11(8-17)4-6-12/h3-7,10H,2,9H2,1H3. The average molecular weight is 295 g/mol. The van der Waals surface area contributed by atoms with Crippen LogP contribution in [0.15, 0.2) is 41.5 Å². The fraction of sp³-hybridized carbons (Fsp3) is 0.188. The predicted octanol–water partition coefficient (Wildman–Crippen LogP) is 2.94. The lowest BCUT2D eigenvalue weighted by atomic mass is 10.1. The molecule has 21 heavy (non-hydrogen) atoms. The molecule has 0 fully saturated rings. The van der Waals surface area contributed by atoms with Gasteiger partial charge in [0, 0.05) is 4.88 Å². The number of hydrogen-bond acceptors (Lipinski definition) is 4. The highest BCUT2D eigenvalue weighted by Crippen LogP contribution is 2.21. The summed E-state index contributed by atoms with van der Waals surface area (Å²) in [6, 6.07) is 11.3. The minimum atomic E-state index is -0.0136. The van der Waals surface area contributed by atoms with Gasteiger partial charge in [0.15, 0.2) is 0 Å². The molecular formula is C16H13N3OS. The third-order valence-corrected chi connectivity index (χ3v) is 4.54. The largest absolute Gasteiger partial charge is 0.294 e. The van der Waals surface area contributed by atoms with Gasteiger partial charge in [-0.25, -0.2) is 4.98 Å². The fourth-order valence-electron chi connectivity index (χ4n) is 2.18. The van der Waals surface area contributed by atoms with Gasteiger partial charge in [0.05, 0.1) is 29.9 Å². The van der Waals surface area contributed by atoms with Crippen molar-refractivity contribution in [1.29, 1.82) is 5.26 Å². The summed E-state index contributed by atoms with van der Waals surface area (Å²) in [4.78, 5) is 18.8. The van der Waals surface area contributed by atoms with E-state index in [0.717, 1.165) is 16.8 Å². The molecule has 0 N–H and O–H groups in total. The first-order chi connectivity index (χ1) is 10.2. The van der Waals surface area contributed by atoms with Crippen LogP contribution in [0.4, 0.5) is 0 Å². The second-order valence-corrected chi connectivity index (χ2v) is 5.89. The molecule has 0 aliphatic carbocycles. The second kappa shape index (κ2) is 5.51. The molecule has 3 aromatic rings. The molecule has 104 valence electrons. The molecule has 0 aliphatic heterocycles. The highest BCUT2D eigenvalue weighted by molar-refractivity contribution is 7.18. The van der Waals surface area contributed by atoms with Crippen LogP contribution in [0.1, 0.15) is 22.9 Å². The van der Waals surface area contributed by atoms with Crippen LogP contribution in [-0.4, -0.2) is 9.55 Å². The first-order valence-electron chi connectivity index (χ1n) is 6.68. The molecule has 1 aromatic carbocycles. The van der Waals surface area contributed by atoms with E-state index in [0.29, 0.717) is 17.5 Å². The van der Waals surface area contributed by atoms with Crippen molar-refractivity contribution < 1.29 is 0 Å². The Morgan fingerprint density at radius 2 is 2.10 bits per heavy atom. The van der Waals surface area contributed by atoms with E-state index in [4.69, 9.17) is 5.26 Å². The maximum absolute atomic E-state index is 12.5. The molecule has 0 bridgehead atoms. The van der Waals surface area contributed by atoms with E-state index in [9.17, 15) is 4.79 Å². The molecular weight excluding hydrogens is 282 g/mol. The lowest BCUT2D eigenvalue weighted by Gasteiger charge is -2.05. The van der Waals surface area contributed by atoms with Gasteiger partial charge in [-0.1, -0.05) is 19.1 Å². The van der Waals surface area contributed by atoms with Crippen LogP contribution in [-0.2, 0) is 13.0 Å². The van der Waals surface area contributed by atoms with E-state index in [1.807, 2.05) is 18.2 Å². The molecule has 0 unspecified atom stereocenters. The second-order valence-electron chi connectivity index (χ2n) is 4.77. The summed E-state index contributed by atoms with van der Waals surface area (Å²) < 4.78 is 1.61. The van der Waals surface area contributed by atoms with Crippen LogP contribution in [0.5, 0.6) is 0 Å². The van der Waals surface area contributed by atoms with Crippen LogP contribution in [0, 0.1) is 11.3 Å². The van der Waals surface area contributed by atoms with Gasteiger partial charge in [-0.05, 0) is 30.2 Å². The van der Waals surface area contributed by atoms with E-state index in [1.165, 1.54) is 4.88 Å². The average Bonchev–Trinajstić information content (AvgIpc) is 2.95. The highest BCUT2D eigenvalue weighted by atomic mass is 32.1. The molecule has 4 nitrogen and oxygen atoms in total. The number of aromatic nitrogens is 2. The lowest BCUT2D eigenvalue weighted by Crippen LogP contribution is -2.20. The summed E-state index contributed by atoms with van der Waals surface area (Å²) in [5.41, 5.74) is 1.58. The van der Waals surface area contributed by atoms with Gasteiger partial charge in [0.1, 0.15) is 4.83 Å². The minimum absolute atomic E-state index is 0.0136. The van der Waals surface area contributed by atoms with Crippen molar-refractivity contribution in [3.05, 3.63) is 63.0 Å². The Labute approximate surface area is 125 Å². The SMILES string of the molecule is CCc1cc2c(=O)n(Cc3ccc(C#N)cc3)cnc2s1. The van der Waals surface area contributed by atoms with E-state index in [-0.39, 0.29) is 5.56 Å². The maximum atomic E-state index is 12.5. The lowest BCUT2D eigenvalue weighted by molar-refractivity contribution is 0.749. The summed E-state index contributed by atoms with van der Waals surface area (Å²) in [5.74, 6) is 0. The molecule has 0 radical (unpaired) electrons. The van der Waals surface area contributed by atoms with E-state index in [1.54, 1.807) is 34.4 Å². The molecule has 0 aliphatic rings. The number of aryl methyl sites for hydroxylation is 1. The first-order valence-corrected chi connectivity index (χ1v) is 7.50. The number of hydrogen-bond donors (Lipinski definition) is 0. The van der Waals surface area contributed by atoms with Gasteiger partial charge in [-0.2, -0.15) is 5.26 Å². The zero-order chi connectivity index (χ0) is 14.8. The van der Waals surface area contributed by atoms with E-state index < -0.39 is 0 Å². The topological polar surface area (TPSA) is 58.7 Å². The normalized spacial score (nSPS) is 10.7. The molecule has 0 spiro atoms.